The van der Waals surface area contributed by atoms with Gasteiger partial charge in [0.1, 0.15) is 5.69 Å². The van der Waals surface area contributed by atoms with Crippen molar-refractivity contribution in [2.75, 3.05) is 13.1 Å². The van der Waals surface area contributed by atoms with Gasteiger partial charge in [0.15, 0.2) is 0 Å². The van der Waals surface area contributed by atoms with Crippen LogP contribution in [0.3, 0.4) is 0 Å². The van der Waals surface area contributed by atoms with Gasteiger partial charge in [-0.05, 0) is 48.8 Å². The summed E-state index contributed by atoms with van der Waals surface area (Å²) in [7, 11) is 0. The van der Waals surface area contributed by atoms with Crippen molar-refractivity contribution in [1.82, 2.24) is 14.7 Å². The van der Waals surface area contributed by atoms with Crippen molar-refractivity contribution in [1.29, 1.82) is 0 Å². The highest BCUT2D eigenvalue weighted by Gasteiger charge is 2.42. The van der Waals surface area contributed by atoms with Crippen molar-refractivity contribution >= 4 is 21.7 Å². The molecule has 4 nitrogen and oxygen atoms in total. The van der Waals surface area contributed by atoms with E-state index in [1.807, 2.05) is 6.92 Å². The van der Waals surface area contributed by atoms with E-state index in [0.29, 0.717) is 12.2 Å². The molecule has 0 saturated heterocycles. The number of hydrogen-bond donors (Lipinski definition) is 0. The molecule has 0 unspecified atom stereocenters. The van der Waals surface area contributed by atoms with Gasteiger partial charge in [-0.15, -0.1) is 0 Å². The van der Waals surface area contributed by atoms with Gasteiger partial charge in [0.05, 0.1) is 16.2 Å². The summed E-state index contributed by atoms with van der Waals surface area (Å²) in [5.74, 6) is 0.178. The average Bonchev–Trinajstić information content (AvgIpc) is 2.85. The van der Waals surface area contributed by atoms with Gasteiger partial charge in [-0.2, -0.15) is 5.10 Å². The summed E-state index contributed by atoms with van der Waals surface area (Å²) in [6, 6.07) is 0. The third kappa shape index (κ3) is 2.84. The topological polar surface area (TPSA) is 38.1 Å². The van der Waals surface area contributed by atoms with Crippen molar-refractivity contribution in [3.8, 4) is 0 Å². The number of rotatable bonds is 8. The molecule has 0 atom stereocenters. The van der Waals surface area contributed by atoms with Gasteiger partial charge in [0, 0.05) is 6.54 Å². The zero-order valence-corrected chi connectivity index (χ0v) is 14.8. The molecular formula is C15H26BrN3O. The first-order valence-electron chi connectivity index (χ1n) is 7.53. The minimum atomic E-state index is -0.432. The molecule has 1 rings (SSSR count). The highest BCUT2D eigenvalue weighted by Crippen LogP contribution is 2.31. The van der Waals surface area contributed by atoms with Crippen molar-refractivity contribution in [2.24, 2.45) is 0 Å². The molecular weight excluding hydrogens is 318 g/mol. The lowest BCUT2D eigenvalue weighted by Crippen LogP contribution is -2.54. The number of nitrogens with zero attached hydrogens (tertiary/aromatic N) is 3. The lowest BCUT2D eigenvalue weighted by atomic mass is 9.84. The summed E-state index contributed by atoms with van der Waals surface area (Å²) in [5, 5.41) is 4.28. The first-order valence-corrected chi connectivity index (χ1v) is 8.32. The number of aromatic nitrogens is 2. The largest absolute Gasteiger partial charge is 0.291 e. The Morgan fingerprint density at radius 2 is 1.80 bits per heavy atom. The Morgan fingerprint density at radius 3 is 2.20 bits per heavy atom. The maximum Gasteiger partial charge on any atom is 0.202 e. The van der Waals surface area contributed by atoms with E-state index in [4.69, 9.17) is 0 Å². The maximum atomic E-state index is 13.2. The molecule has 0 spiro atoms. The van der Waals surface area contributed by atoms with Crippen molar-refractivity contribution in [3.05, 3.63) is 16.4 Å². The van der Waals surface area contributed by atoms with Gasteiger partial charge >= 0.3 is 0 Å². The number of carbonyl (C=O) groups excluding carboxylic acids is 1. The fraction of sp³-hybridized carbons (Fsp3) is 0.733. The fourth-order valence-corrected chi connectivity index (χ4v) is 3.52. The molecule has 0 fully saturated rings. The van der Waals surface area contributed by atoms with Gasteiger partial charge in [0.2, 0.25) is 5.78 Å². The standard InChI is InChI=1S/C15H26BrN3O/c1-6-15(7-2,18(8-3)9-4)14(20)13-12(16)11-17-19(13)10-5/h11H,6-10H2,1-5H3. The molecule has 1 aromatic heterocycles. The molecule has 0 aliphatic heterocycles. The SMILES string of the molecule is CCN(CC)C(CC)(CC)C(=O)c1c(Br)cnn1CC. The van der Waals surface area contributed by atoms with E-state index < -0.39 is 5.54 Å². The monoisotopic (exact) mass is 343 g/mol. The van der Waals surface area contributed by atoms with Crippen LogP contribution >= 0.6 is 15.9 Å². The molecule has 0 aromatic carbocycles. The Morgan fingerprint density at radius 1 is 1.25 bits per heavy atom. The van der Waals surface area contributed by atoms with Crippen LogP contribution in [-0.4, -0.2) is 39.1 Å². The molecule has 20 heavy (non-hydrogen) atoms. The minimum Gasteiger partial charge on any atom is -0.291 e. The van der Waals surface area contributed by atoms with Crippen molar-refractivity contribution < 1.29 is 4.79 Å². The second-order valence-corrected chi connectivity index (χ2v) is 5.75. The first kappa shape index (κ1) is 17.4. The predicted molar refractivity (Wildman–Crippen MR) is 86.2 cm³/mol. The van der Waals surface area contributed by atoms with E-state index in [-0.39, 0.29) is 5.78 Å². The number of ketones is 1. The summed E-state index contributed by atoms with van der Waals surface area (Å²) in [6.45, 7) is 12.9. The summed E-state index contributed by atoms with van der Waals surface area (Å²) in [5.41, 5.74) is 0.266. The van der Waals surface area contributed by atoms with Crippen LogP contribution in [0.1, 0.15) is 57.9 Å². The van der Waals surface area contributed by atoms with E-state index in [0.717, 1.165) is 30.4 Å². The van der Waals surface area contributed by atoms with Crippen LogP contribution in [0.4, 0.5) is 0 Å². The molecule has 0 amide bonds. The van der Waals surface area contributed by atoms with Crippen LogP contribution in [0.2, 0.25) is 0 Å². The molecule has 0 aliphatic rings. The van der Waals surface area contributed by atoms with Crippen LogP contribution in [0.5, 0.6) is 0 Å². The molecule has 0 radical (unpaired) electrons. The van der Waals surface area contributed by atoms with Crippen LogP contribution in [0.25, 0.3) is 0 Å². The smallest absolute Gasteiger partial charge is 0.202 e. The van der Waals surface area contributed by atoms with Crippen LogP contribution < -0.4 is 0 Å². The number of likely N-dealkylation sites (N-methyl/N-ethyl adjacent to an activating group) is 1. The number of hydrogen-bond acceptors (Lipinski definition) is 3. The van der Waals surface area contributed by atoms with Gasteiger partial charge in [-0.1, -0.05) is 27.7 Å². The molecule has 0 bridgehead atoms. The Hall–Kier alpha value is -0.680. The van der Waals surface area contributed by atoms with Crippen LogP contribution in [0.15, 0.2) is 10.7 Å². The second kappa shape index (κ2) is 7.36. The number of aryl methyl sites for hydroxylation is 1. The van der Waals surface area contributed by atoms with Gasteiger partial charge in [-0.3, -0.25) is 14.4 Å². The van der Waals surface area contributed by atoms with Gasteiger partial charge in [0.25, 0.3) is 0 Å². The lowest BCUT2D eigenvalue weighted by Gasteiger charge is -2.41. The Bertz CT molecular complexity index is 448. The third-order valence-electron chi connectivity index (χ3n) is 4.27. The lowest BCUT2D eigenvalue weighted by molar-refractivity contribution is 0.0522. The Kier molecular flexibility index (Phi) is 6.40. The Labute approximate surface area is 130 Å². The fourth-order valence-electron chi connectivity index (χ4n) is 3.04. The van der Waals surface area contributed by atoms with Crippen LogP contribution in [0, 0.1) is 0 Å². The third-order valence-corrected chi connectivity index (χ3v) is 4.85. The van der Waals surface area contributed by atoms with Crippen molar-refractivity contribution in [3.63, 3.8) is 0 Å². The van der Waals surface area contributed by atoms with E-state index in [1.54, 1.807) is 10.9 Å². The highest BCUT2D eigenvalue weighted by atomic mass is 79.9. The average molecular weight is 344 g/mol. The number of carbonyl (C=O) groups is 1. The van der Waals surface area contributed by atoms with Crippen molar-refractivity contribution in [2.45, 2.75) is 59.5 Å². The first-order chi connectivity index (χ1) is 9.52. The summed E-state index contributed by atoms with van der Waals surface area (Å²) in [4.78, 5) is 15.5. The maximum absolute atomic E-state index is 13.2. The second-order valence-electron chi connectivity index (χ2n) is 4.90. The van der Waals surface area contributed by atoms with E-state index in [1.165, 1.54) is 0 Å². The molecule has 1 heterocycles. The molecule has 5 heteroatoms. The molecule has 0 aliphatic carbocycles. The molecule has 1 aromatic rings. The van der Waals surface area contributed by atoms with Crippen LogP contribution in [-0.2, 0) is 6.54 Å². The molecule has 0 N–H and O–H groups in total. The van der Waals surface area contributed by atoms with E-state index in [9.17, 15) is 4.79 Å². The summed E-state index contributed by atoms with van der Waals surface area (Å²) >= 11 is 3.48. The Balaban J connectivity index is 3.34. The number of halogens is 1. The quantitative estimate of drug-likeness (QED) is 0.674. The van der Waals surface area contributed by atoms with E-state index in [2.05, 4.69) is 53.6 Å². The predicted octanol–water partition coefficient (Wildman–Crippen LogP) is 3.75. The summed E-state index contributed by atoms with van der Waals surface area (Å²) < 4.78 is 2.58. The number of Topliss-reactive ketones (excluding diaryl/α,β-unsaturated/α-hetero) is 1. The minimum absolute atomic E-state index is 0.178. The zero-order chi connectivity index (χ0) is 15.3. The normalized spacial score (nSPS) is 12.2. The molecule has 0 saturated carbocycles. The summed E-state index contributed by atoms with van der Waals surface area (Å²) in [6.07, 6.45) is 3.34. The van der Waals surface area contributed by atoms with Gasteiger partial charge in [-0.25, -0.2) is 0 Å². The molecule has 114 valence electrons. The zero-order valence-electron chi connectivity index (χ0n) is 13.2. The highest BCUT2D eigenvalue weighted by molar-refractivity contribution is 9.10. The van der Waals surface area contributed by atoms with Gasteiger partial charge < -0.3 is 0 Å². The van der Waals surface area contributed by atoms with E-state index >= 15 is 0 Å².